The number of benzene rings is 2. The van der Waals surface area contributed by atoms with Gasteiger partial charge >= 0.3 is 0 Å². The summed E-state index contributed by atoms with van der Waals surface area (Å²) in [7, 11) is 8.28. The second-order valence-electron chi connectivity index (χ2n) is 7.40. The van der Waals surface area contributed by atoms with Crippen molar-refractivity contribution in [2.45, 2.75) is 13.5 Å². The number of anilines is 2. The molecule has 0 aliphatic carbocycles. The average Bonchev–Trinajstić information content (AvgIpc) is 2.70. The largest absolute Gasteiger partial charge is 0.378 e. The van der Waals surface area contributed by atoms with Gasteiger partial charge in [-0.15, -0.1) is 0 Å². The van der Waals surface area contributed by atoms with E-state index in [-0.39, 0.29) is 0 Å². The quantitative estimate of drug-likeness (QED) is 0.445. The molecule has 0 aliphatic heterocycles. The summed E-state index contributed by atoms with van der Waals surface area (Å²) in [4.78, 5) is 4.26. The Bertz CT molecular complexity index is 996. The molecule has 0 spiro atoms. The number of aryl methyl sites for hydroxylation is 1. The summed E-state index contributed by atoms with van der Waals surface area (Å²) in [5.41, 5.74) is 6.11. The minimum atomic E-state index is 0.953. The van der Waals surface area contributed by atoms with Crippen molar-refractivity contribution in [3.63, 3.8) is 0 Å². The standard InChI is InChI=1S/C25H30N3/c1-6-28-19-24(27(4)5)18-22-14-11-21(17-25(22)28)10-8-7-9-20-12-15-23(16-13-20)26(2)3/h7-19H,6H2,1-5H3/q+1. The lowest BCUT2D eigenvalue weighted by molar-refractivity contribution is -0.667. The van der Waals surface area contributed by atoms with E-state index in [0.29, 0.717) is 0 Å². The fourth-order valence-corrected chi connectivity index (χ4v) is 3.18. The van der Waals surface area contributed by atoms with Gasteiger partial charge in [-0.2, -0.15) is 4.57 Å². The summed E-state index contributed by atoms with van der Waals surface area (Å²) in [6, 6.07) is 17.4. The molecule has 0 bridgehead atoms. The third-order valence-corrected chi connectivity index (χ3v) is 4.91. The van der Waals surface area contributed by atoms with Gasteiger partial charge in [0.05, 0.1) is 0 Å². The number of hydrogen-bond donors (Lipinski definition) is 0. The first-order valence-corrected chi connectivity index (χ1v) is 9.74. The molecule has 2 aromatic carbocycles. The molecule has 3 aromatic rings. The van der Waals surface area contributed by atoms with Crippen LogP contribution in [0.1, 0.15) is 18.1 Å². The molecule has 0 saturated heterocycles. The van der Waals surface area contributed by atoms with E-state index in [2.05, 4.69) is 129 Å². The molecular weight excluding hydrogens is 342 g/mol. The SMILES string of the molecule is CC[n+]1cc(N(C)C)cc2ccc(/C=C/C=C/c3ccc(N(C)C)cc3)cc21. The molecule has 0 fully saturated rings. The van der Waals surface area contributed by atoms with Gasteiger partial charge in [0.15, 0.2) is 6.20 Å². The van der Waals surface area contributed by atoms with Crippen LogP contribution in [0, 0.1) is 0 Å². The molecule has 28 heavy (non-hydrogen) atoms. The van der Waals surface area contributed by atoms with Crippen molar-refractivity contribution in [3.05, 3.63) is 78.0 Å². The highest BCUT2D eigenvalue weighted by atomic mass is 15.1. The Kier molecular flexibility index (Phi) is 6.15. The maximum atomic E-state index is 2.31. The Morgan fingerprint density at radius 1 is 0.750 bits per heavy atom. The maximum Gasteiger partial charge on any atom is 0.213 e. The topological polar surface area (TPSA) is 10.4 Å². The third-order valence-electron chi connectivity index (χ3n) is 4.91. The molecule has 1 heterocycles. The zero-order valence-electron chi connectivity index (χ0n) is 17.6. The van der Waals surface area contributed by atoms with Crippen LogP contribution in [0.25, 0.3) is 23.1 Å². The van der Waals surface area contributed by atoms with Crippen LogP contribution in [0.4, 0.5) is 11.4 Å². The van der Waals surface area contributed by atoms with Crippen molar-refractivity contribution in [2.24, 2.45) is 0 Å². The Balaban J connectivity index is 1.79. The lowest BCUT2D eigenvalue weighted by Crippen LogP contribution is -2.34. The Labute approximate surface area is 168 Å². The fourth-order valence-electron chi connectivity index (χ4n) is 3.18. The van der Waals surface area contributed by atoms with E-state index >= 15 is 0 Å². The van der Waals surface area contributed by atoms with Gasteiger partial charge in [-0.05, 0) is 42.3 Å². The number of hydrogen-bond acceptors (Lipinski definition) is 2. The summed E-state index contributed by atoms with van der Waals surface area (Å²) >= 11 is 0. The second-order valence-corrected chi connectivity index (χ2v) is 7.40. The Hall–Kier alpha value is -3.07. The molecule has 0 atom stereocenters. The summed E-state index contributed by atoms with van der Waals surface area (Å²) in [6.45, 7) is 3.14. The molecule has 0 radical (unpaired) electrons. The summed E-state index contributed by atoms with van der Waals surface area (Å²) in [5.74, 6) is 0. The van der Waals surface area contributed by atoms with Crippen LogP contribution in [0.2, 0.25) is 0 Å². The Morgan fingerprint density at radius 3 is 1.96 bits per heavy atom. The van der Waals surface area contributed by atoms with Crippen LogP contribution < -0.4 is 14.4 Å². The van der Waals surface area contributed by atoms with Crippen LogP contribution >= 0.6 is 0 Å². The number of aromatic nitrogens is 1. The van der Waals surface area contributed by atoms with E-state index in [0.717, 1.165) is 6.54 Å². The first-order chi connectivity index (χ1) is 13.5. The van der Waals surface area contributed by atoms with E-state index in [1.807, 2.05) is 0 Å². The highest BCUT2D eigenvalue weighted by Crippen LogP contribution is 2.19. The highest BCUT2D eigenvalue weighted by molar-refractivity contribution is 5.81. The molecule has 3 nitrogen and oxygen atoms in total. The number of allylic oxidation sites excluding steroid dienone is 2. The molecule has 1 aromatic heterocycles. The van der Waals surface area contributed by atoms with E-state index in [4.69, 9.17) is 0 Å². The molecule has 0 saturated carbocycles. The van der Waals surface area contributed by atoms with Gasteiger partial charge in [-0.1, -0.05) is 42.5 Å². The third kappa shape index (κ3) is 4.61. The number of fused-ring (bicyclic) bond motifs is 1. The fraction of sp³-hybridized carbons (Fsp3) is 0.240. The number of rotatable bonds is 6. The minimum absolute atomic E-state index is 0.953. The zero-order chi connectivity index (χ0) is 20.1. The van der Waals surface area contributed by atoms with Gasteiger partial charge in [-0.3, -0.25) is 0 Å². The van der Waals surface area contributed by atoms with E-state index in [1.54, 1.807) is 0 Å². The van der Waals surface area contributed by atoms with Crippen molar-refractivity contribution in [1.82, 2.24) is 0 Å². The van der Waals surface area contributed by atoms with Crippen LogP contribution in [-0.4, -0.2) is 28.2 Å². The van der Waals surface area contributed by atoms with Gasteiger partial charge in [0, 0.05) is 45.3 Å². The smallest absolute Gasteiger partial charge is 0.213 e. The lowest BCUT2D eigenvalue weighted by atomic mass is 10.1. The maximum absolute atomic E-state index is 2.31. The minimum Gasteiger partial charge on any atom is -0.378 e. The normalized spacial score (nSPS) is 11.6. The molecule has 0 unspecified atom stereocenters. The van der Waals surface area contributed by atoms with Gasteiger partial charge in [-0.25, -0.2) is 0 Å². The predicted octanol–water partition coefficient (Wildman–Crippen LogP) is 5.01. The molecule has 0 amide bonds. The van der Waals surface area contributed by atoms with E-state index < -0.39 is 0 Å². The van der Waals surface area contributed by atoms with E-state index in [9.17, 15) is 0 Å². The summed E-state index contributed by atoms with van der Waals surface area (Å²) < 4.78 is 2.31. The number of pyridine rings is 1. The zero-order valence-corrected chi connectivity index (χ0v) is 17.6. The van der Waals surface area contributed by atoms with Crippen LogP contribution in [0.3, 0.4) is 0 Å². The predicted molar refractivity (Wildman–Crippen MR) is 123 cm³/mol. The highest BCUT2D eigenvalue weighted by Gasteiger charge is 2.11. The van der Waals surface area contributed by atoms with Crippen molar-refractivity contribution in [1.29, 1.82) is 0 Å². The van der Waals surface area contributed by atoms with Crippen molar-refractivity contribution >= 4 is 34.4 Å². The van der Waals surface area contributed by atoms with E-state index in [1.165, 1.54) is 33.4 Å². The molecule has 3 rings (SSSR count). The summed E-state index contributed by atoms with van der Waals surface area (Å²) in [6.07, 6.45) is 10.7. The molecule has 0 aliphatic rings. The lowest BCUT2D eigenvalue weighted by Gasteiger charge is -2.12. The first kappa shape index (κ1) is 19.7. The molecule has 0 N–H and O–H groups in total. The Morgan fingerprint density at radius 2 is 1.36 bits per heavy atom. The molecule has 144 valence electrons. The van der Waals surface area contributed by atoms with Crippen molar-refractivity contribution in [3.8, 4) is 0 Å². The van der Waals surface area contributed by atoms with Gasteiger partial charge in [0.1, 0.15) is 12.2 Å². The second kappa shape index (κ2) is 8.75. The van der Waals surface area contributed by atoms with Crippen molar-refractivity contribution < 1.29 is 4.57 Å². The van der Waals surface area contributed by atoms with Crippen LogP contribution in [-0.2, 0) is 6.54 Å². The van der Waals surface area contributed by atoms with Crippen molar-refractivity contribution in [2.75, 3.05) is 38.0 Å². The number of nitrogens with zero attached hydrogens (tertiary/aromatic N) is 3. The molecule has 3 heteroatoms. The monoisotopic (exact) mass is 372 g/mol. The van der Waals surface area contributed by atoms with Gasteiger partial charge in [0.25, 0.3) is 0 Å². The van der Waals surface area contributed by atoms with Gasteiger partial charge < -0.3 is 9.80 Å². The van der Waals surface area contributed by atoms with Crippen LogP contribution in [0.5, 0.6) is 0 Å². The summed E-state index contributed by atoms with van der Waals surface area (Å²) in [5, 5.41) is 1.27. The first-order valence-electron chi connectivity index (χ1n) is 9.74. The average molecular weight is 373 g/mol. The van der Waals surface area contributed by atoms with Gasteiger partial charge in [0.2, 0.25) is 5.52 Å². The molecular formula is C25H30N3+. The van der Waals surface area contributed by atoms with Crippen LogP contribution in [0.15, 0.2) is 66.9 Å².